The largest absolute Gasteiger partial charge is 0.346 e. The monoisotopic (exact) mass is 253 g/mol. The first-order chi connectivity index (χ1) is 8.04. The first-order valence-corrected chi connectivity index (χ1v) is 5.98. The number of Topliss-reactive ketones (excluding diaryl/α,β-unsaturated/α-hetero) is 1. The Morgan fingerprint density at radius 1 is 1.35 bits per heavy atom. The summed E-state index contributed by atoms with van der Waals surface area (Å²) in [7, 11) is 0. The molecule has 4 heteroatoms. The summed E-state index contributed by atoms with van der Waals surface area (Å²) in [4.78, 5) is 23.0. The quantitative estimate of drug-likeness (QED) is 0.876. The summed E-state index contributed by atoms with van der Waals surface area (Å²) in [5.41, 5.74) is 0.766. The van der Waals surface area contributed by atoms with E-state index in [9.17, 15) is 9.59 Å². The van der Waals surface area contributed by atoms with Gasteiger partial charge < -0.3 is 5.32 Å². The molecule has 0 aliphatic rings. The average Bonchev–Trinajstić information content (AvgIpc) is 2.31. The lowest BCUT2D eigenvalue weighted by Crippen LogP contribution is -2.39. The second-order valence-corrected chi connectivity index (χ2v) is 4.28. The Balaban J connectivity index is 2.56. The van der Waals surface area contributed by atoms with E-state index in [1.165, 1.54) is 0 Å². The molecule has 0 aliphatic heterocycles. The van der Waals surface area contributed by atoms with Gasteiger partial charge in [0.05, 0.1) is 12.5 Å². The molecule has 1 aromatic carbocycles. The smallest absolute Gasteiger partial charge is 0.225 e. The van der Waals surface area contributed by atoms with Crippen LogP contribution >= 0.6 is 11.6 Å². The molecule has 0 bridgehead atoms. The average molecular weight is 254 g/mol. The SMILES string of the molecule is CCC(=O)C(C)NC(=O)Cc1ccccc1Cl. The summed E-state index contributed by atoms with van der Waals surface area (Å²) in [6, 6.07) is 6.75. The van der Waals surface area contributed by atoms with E-state index in [1.807, 2.05) is 12.1 Å². The van der Waals surface area contributed by atoms with Crippen molar-refractivity contribution < 1.29 is 9.59 Å². The molecular weight excluding hydrogens is 238 g/mol. The van der Waals surface area contributed by atoms with E-state index in [0.717, 1.165) is 5.56 Å². The highest BCUT2D eigenvalue weighted by Crippen LogP contribution is 2.15. The van der Waals surface area contributed by atoms with Crippen LogP contribution in [0.15, 0.2) is 24.3 Å². The van der Waals surface area contributed by atoms with Crippen LogP contribution in [-0.4, -0.2) is 17.7 Å². The molecule has 3 nitrogen and oxygen atoms in total. The van der Waals surface area contributed by atoms with Crippen LogP contribution < -0.4 is 5.32 Å². The number of carbonyl (C=O) groups is 2. The molecule has 0 saturated heterocycles. The normalized spacial score (nSPS) is 11.9. The lowest BCUT2D eigenvalue weighted by atomic mass is 10.1. The van der Waals surface area contributed by atoms with Gasteiger partial charge in [0.2, 0.25) is 5.91 Å². The third kappa shape index (κ3) is 4.19. The topological polar surface area (TPSA) is 46.2 Å². The van der Waals surface area contributed by atoms with Gasteiger partial charge in [-0.05, 0) is 18.6 Å². The van der Waals surface area contributed by atoms with Gasteiger partial charge in [-0.15, -0.1) is 0 Å². The number of hydrogen-bond donors (Lipinski definition) is 1. The fraction of sp³-hybridized carbons (Fsp3) is 0.385. The summed E-state index contributed by atoms with van der Waals surface area (Å²) in [5, 5.41) is 3.23. The number of benzene rings is 1. The van der Waals surface area contributed by atoms with E-state index in [4.69, 9.17) is 11.6 Å². The van der Waals surface area contributed by atoms with Crippen LogP contribution in [-0.2, 0) is 16.0 Å². The number of nitrogens with one attached hydrogen (secondary N) is 1. The standard InChI is InChI=1S/C13H16ClNO2/c1-3-12(16)9(2)15-13(17)8-10-6-4-5-7-11(10)14/h4-7,9H,3,8H2,1-2H3,(H,15,17). The van der Waals surface area contributed by atoms with Crippen molar-refractivity contribution in [1.29, 1.82) is 0 Å². The van der Waals surface area contributed by atoms with Gasteiger partial charge in [0.25, 0.3) is 0 Å². The molecule has 0 aliphatic carbocycles. The highest BCUT2D eigenvalue weighted by atomic mass is 35.5. The lowest BCUT2D eigenvalue weighted by molar-refractivity contribution is -0.126. The Morgan fingerprint density at radius 2 is 2.00 bits per heavy atom. The zero-order valence-corrected chi connectivity index (χ0v) is 10.8. The van der Waals surface area contributed by atoms with Crippen LogP contribution in [0.2, 0.25) is 5.02 Å². The number of halogens is 1. The fourth-order valence-corrected chi connectivity index (χ4v) is 1.70. The number of amides is 1. The van der Waals surface area contributed by atoms with E-state index < -0.39 is 6.04 Å². The molecule has 0 aromatic heterocycles. The van der Waals surface area contributed by atoms with Crippen molar-refractivity contribution in [3.05, 3.63) is 34.9 Å². The fourth-order valence-electron chi connectivity index (χ4n) is 1.49. The van der Waals surface area contributed by atoms with E-state index in [0.29, 0.717) is 11.4 Å². The molecule has 0 saturated carbocycles. The maximum atomic E-state index is 11.7. The van der Waals surface area contributed by atoms with Crippen molar-refractivity contribution in [1.82, 2.24) is 5.32 Å². The van der Waals surface area contributed by atoms with Crippen LogP contribution in [0, 0.1) is 0 Å². The molecule has 1 N–H and O–H groups in total. The minimum Gasteiger partial charge on any atom is -0.346 e. The van der Waals surface area contributed by atoms with Gasteiger partial charge in [-0.2, -0.15) is 0 Å². The van der Waals surface area contributed by atoms with Crippen molar-refractivity contribution >= 4 is 23.3 Å². The Labute approximate surface area is 106 Å². The van der Waals surface area contributed by atoms with Crippen LogP contribution in [0.5, 0.6) is 0 Å². The Hall–Kier alpha value is -1.35. The Kier molecular flexibility index (Phi) is 5.16. The van der Waals surface area contributed by atoms with Gasteiger partial charge in [0.1, 0.15) is 0 Å². The Bertz CT molecular complexity index is 418. The number of carbonyl (C=O) groups excluding carboxylic acids is 2. The predicted octanol–water partition coefficient (Wildman–Crippen LogP) is 2.37. The van der Waals surface area contributed by atoms with Crippen LogP contribution in [0.3, 0.4) is 0 Å². The number of rotatable bonds is 5. The molecule has 1 amide bonds. The Morgan fingerprint density at radius 3 is 2.59 bits per heavy atom. The van der Waals surface area contributed by atoms with E-state index in [1.54, 1.807) is 26.0 Å². The lowest BCUT2D eigenvalue weighted by Gasteiger charge is -2.12. The number of ketones is 1. The third-order valence-corrected chi connectivity index (χ3v) is 2.89. The van der Waals surface area contributed by atoms with E-state index in [-0.39, 0.29) is 18.1 Å². The van der Waals surface area contributed by atoms with Crippen molar-refractivity contribution in [2.75, 3.05) is 0 Å². The first-order valence-electron chi connectivity index (χ1n) is 5.60. The summed E-state index contributed by atoms with van der Waals surface area (Å²) in [6.07, 6.45) is 0.620. The molecule has 17 heavy (non-hydrogen) atoms. The molecule has 1 aromatic rings. The molecule has 0 heterocycles. The second kappa shape index (κ2) is 6.40. The van der Waals surface area contributed by atoms with Crippen LogP contribution in [0.1, 0.15) is 25.8 Å². The molecule has 1 atom stereocenters. The van der Waals surface area contributed by atoms with Gasteiger partial charge in [-0.1, -0.05) is 36.7 Å². The zero-order valence-electron chi connectivity index (χ0n) is 10.00. The van der Waals surface area contributed by atoms with Crippen molar-refractivity contribution in [3.8, 4) is 0 Å². The summed E-state index contributed by atoms with van der Waals surface area (Å²) in [6.45, 7) is 3.47. The van der Waals surface area contributed by atoms with Crippen LogP contribution in [0.25, 0.3) is 0 Å². The van der Waals surface area contributed by atoms with Gasteiger partial charge in [-0.3, -0.25) is 9.59 Å². The predicted molar refractivity (Wildman–Crippen MR) is 68.1 cm³/mol. The highest BCUT2D eigenvalue weighted by molar-refractivity contribution is 6.31. The first kappa shape index (κ1) is 13.7. The number of hydrogen-bond acceptors (Lipinski definition) is 2. The second-order valence-electron chi connectivity index (χ2n) is 3.88. The van der Waals surface area contributed by atoms with Crippen molar-refractivity contribution in [3.63, 3.8) is 0 Å². The summed E-state index contributed by atoms with van der Waals surface area (Å²) >= 11 is 5.95. The molecule has 0 fully saturated rings. The van der Waals surface area contributed by atoms with Gasteiger partial charge in [0.15, 0.2) is 5.78 Å². The third-order valence-electron chi connectivity index (χ3n) is 2.52. The maximum absolute atomic E-state index is 11.7. The van der Waals surface area contributed by atoms with E-state index >= 15 is 0 Å². The minimum absolute atomic E-state index is 0.0255. The van der Waals surface area contributed by atoms with Gasteiger partial charge >= 0.3 is 0 Å². The molecule has 1 rings (SSSR count). The zero-order chi connectivity index (χ0) is 12.8. The molecule has 92 valence electrons. The maximum Gasteiger partial charge on any atom is 0.225 e. The molecular formula is C13H16ClNO2. The minimum atomic E-state index is -0.435. The molecule has 0 radical (unpaired) electrons. The highest BCUT2D eigenvalue weighted by Gasteiger charge is 2.14. The van der Waals surface area contributed by atoms with Crippen molar-refractivity contribution in [2.24, 2.45) is 0 Å². The molecule has 1 unspecified atom stereocenters. The molecule has 0 spiro atoms. The van der Waals surface area contributed by atoms with Crippen LogP contribution in [0.4, 0.5) is 0 Å². The van der Waals surface area contributed by atoms with Crippen molar-refractivity contribution in [2.45, 2.75) is 32.7 Å². The van der Waals surface area contributed by atoms with E-state index in [2.05, 4.69) is 5.32 Å². The van der Waals surface area contributed by atoms with Gasteiger partial charge in [0, 0.05) is 11.4 Å². The summed E-state index contributed by atoms with van der Waals surface area (Å²) < 4.78 is 0. The summed E-state index contributed by atoms with van der Waals surface area (Å²) in [5.74, 6) is -0.162. The van der Waals surface area contributed by atoms with Gasteiger partial charge in [-0.25, -0.2) is 0 Å².